The van der Waals surface area contributed by atoms with Gasteiger partial charge in [-0.3, -0.25) is 9.78 Å². The van der Waals surface area contributed by atoms with Crippen LogP contribution in [-0.4, -0.2) is 21.3 Å². The Hall–Kier alpha value is -2.39. The van der Waals surface area contributed by atoms with Gasteiger partial charge in [0.1, 0.15) is 6.07 Å². The number of aliphatic imine (C=N–C) groups is 1. The summed E-state index contributed by atoms with van der Waals surface area (Å²) in [5.41, 5.74) is 9.29. The molecular weight excluding hydrogens is 344 g/mol. The Balaban J connectivity index is 1.88. The van der Waals surface area contributed by atoms with Crippen molar-refractivity contribution in [1.29, 1.82) is 5.26 Å². The van der Waals surface area contributed by atoms with Crippen LogP contribution in [0.15, 0.2) is 29.4 Å². The number of nitriles is 1. The van der Waals surface area contributed by atoms with E-state index in [0.29, 0.717) is 17.2 Å². The molecule has 0 saturated carbocycles. The number of carbonyl (C=O) groups excluding carboxylic acids is 1. The summed E-state index contributed by atoms with van der Waals surface area (Å²) in [4.78, 5) is 20.1. The van der Waals surface area contributed by atoms with Gasteiger partial charge in [0.2, 0.25) is 0 Å². The first-order chi connectivity index (χ1) is 12.6. The van der Waals surface area contributed by atoms with E-state index in [-0.39, 0.29) is 11.2 Å². The van der Waals surface area contributed by atoms with E-state index in [1.165, 1.54) is 24.6 Å². The number of amidine groups is 1. The van der Waals surface area contributed by atoms with Gasteiger partial charge in [-0.1, -0.05) is 44.0 Å². The fraction of sp³-hybridized carbons (Fsp3) is 0.400. The molecule has 5 nitrogen and oxygen atoms in total. The molecule has 2 N–H and O–H groups in total. The summed E-state index contributed by atoms with van der Waals surface area (Å²) in [5, 5.41) is 10.6. The summed E-state index contributed by atoms with van der Waals surface area (Å²) in [5.74, 6) is -0.170. The average Bonchev–Trinajstić information content (AvgIpc) is 2.95. The number of nitrogens with zero attached hydrogens (tertiary/aromatic N) is 3. The van der Waals surface area contributed by atoms with Crippen molar-refractivity contribution in [3.8, 4) is 6.07 Å². The molecule has 1 aliphatic rings. The molecule has 0 bridgehead atoms. The molecule has 1 unspecified atom stereocenters. The number of hydrogen-bond donors (Lipinski definition) is 1. The monoisotopic (exact) mass is 366 g/mol. The van der Waals surface area contributed by atoms with Crippen LogP contribution < -0.4 is 5.73 Å². The first-order valence-corrected chi connectivity index (χ1v) is 9.85. The smallest absolute Gasteiger partial charge is 0.261 e. The maximum absolute atomic E-state index is 11.9. The summed E-state index contributed by atoms with van der Waals surface area (Å²) in [6, 6.07) is 8.31. The number of benzene rings is 1. The number of amides is 1. The van der Waals surface area contributed by atoms with Gasteiger partial charge in [0.25, 0.3) is 5.91 Å². The highest BCUT2D eigenvalue weighted by Gasteiger charge is 2.27. The van der Waals surface area contributed by atoms with Crippen molar-refractivity contribution in [2.75, 3.05) is 0 Å². The van der Waals surface area contributed by atoms with Crippen LogP contribution in [0.25, 0.3) is 10.9 Å². The summed E-state index contributed by atoms with van der Waals surface area (Å²) >= 11 is 1.32. The zero-order valence-corrected chi connectivity index (χ0v) is 15.7. The van der Waals surface area contributed by atoms with E-state index in [2.05, 4.69) is 29.0 Å². The zero-order valence-electron chi connectivity index (χ0n) is 14.9. The standard InChI is InChI=1S/C20H22N4OS/c1-2-3-4-5-6-15-14(11-21)12-23-17-8-7-13(9-16(15)17)10-18-19(25)24-20(22)26-18/h7-9,12,18H,2-6,10H2,1H3,(H2,22,24,25). The van der Waals surface area contributed by atoms with Gasteiger partial charge in [-0.15, -0.1) is 0 Å². The maximum Gasteiger partial charge on any atom is 0.261 e. The van der Waals surface area contributed by atoms with Gasteiger partial charge < -0.3 is 5.73 Å². The largest absolute Gasteiger partial charge is 0.378 e. The number of hydrogen-bond acceptors (Lipinski definition) is 5. The lowest BCUT2D eigenvalue weighted by atomic mass is 9.96. The molecule has 6 heteroatoms. The molecule has 1 amide bonds. The van der Waals surface area contributed by atoms with Gasteiger partial charge >= 0.3 is 0 Å². The van der Waals surface area contributed by atoms with E-state index < -0.39 is 0 Å². The van der Waals surface area contributed by atoms with Crippen LogP contribution in [0.2, 0.25) is 0 Å². The van der Waals surface area contributed by atoms with Crippen molar-refractivity contribution >= 4 is 33.7 Å². The number of fused-ring (bicyclic) bond motifs is 1. The topological polar surface area (TPSA) is 92.1 Å². The van der Waals surface area contributed by atoms with E-state index >= 15 is 0 Å². The van der Waals surface area contributed by atoms with Crippen molar-refractivity contribution in [2.45, 2.75) is 50.7 Å². The number of rotatable bonds is 7. The van der Waals surface area contributed by atoms with E-state index in [0.717, 1.165) is 41.3 Å². The predicted octanol–water partition coefficient (Wildman–Crippen LogP) is 3.73. The normalized spacial score (nSPS) is 16.7. The molecule has 1 aromatic heterocycles. The number of thioether (sulfide) groups is 1. The third-order valence-electron chi connectivity index (χ3n) is 4.62. The highest BCUT2D eigenvalue weighted by molar-refractivity contribution is 8.15. The minimum absolute atomic E-state index is 0.170. The molecule has 26 heavy (non-hydrogen) atoms. The Morgan fingerprint density at radius 2 is 2.15 bits per heavy atom. The van der Waals surface area contributed by atoms with Gasteiger partial charge in [0, 0.05) is 11.6 Å². The first kappa shape index (κ1) is 18.4. The second kappa shape index (κ2) is 8.33. The van der Waals surface area contributed by atoms with Gasteiger partial charge in [-0.05, 0) is 42.5 Å². The lowest BCUT2D eigenvalue weighted by molar-refractivity contribution is -0.117. The third-order valence-corrected chi connectivity index (χ3v) is 5.61. The van der Waals surface area contributed by atoms with Gasteiger partial charge in [0.05, 0.1) is 16.3 Å². The number of aromatic nitrogens is 1. The summed E-state index contributed by atoms with van der Waals surface area (Å²) < 4.78 is 0. The lowest BCUT2D eigenvalue weighted by Gasteiger charge is -2.11. The molecule has 0 aliphatic carbocycles. The van der Waals surface area contributed by atoms with Crippen LogP contribution in [0.3, 0.4) is 0 Å². The second-order valence-corrected chi connectivity index (χ2v) is 7.75. The minimum Gasteiger partial charge on any atom is -0.378 e. The highest BCUT2D eigenvalue weighted by Crippen LogP contribution is 2.27. The molecule has 1 aliphatic heterocycles. The minimum atomic E-state index is -0.257. The number of aryl methyl sites for hydroxylation is 1. The number of pyridine rings is 1. The summed E-state index contributed by atoms with van der Waals surface area (Å²) in [6.45, 7) is 2.19. The Bertz CT molecular complexity index is 901. The zero-order chi connectivity index (χ0) is 18.5. The van der Waals surface area contributed by atoms with E-state index in [1.54, 1.807) is 6.20 Å². The van der Waals surface area contributed by atoms with Crippen LogP contribution in [0, 0.1) is 11.3 Å². The van der Waals surface area contributed by atoms with Crippen LogP contribution in [0.5, 0.6) is 0 Å². The molecule has 3 rings (SSSR count). The van der Waals surface area contributed by atoms with Gasteiger partial charge in [-0.25, -0.2) is 0 Å². The van der Waals surface area contributed by atoms with E-state index in [4.69, 9.17) is 5.73 Å². The molecule has 0 radical (unpaired) electrons. The molecule has 2 aromatic rings. The number of carbonyl (C=O) groups is 1. The van der Waals surface area contributed by atoms with Crippen LogP contribution in [0.4, 0.5) is 0 Å². The summed E-state index contributed by atoms with van der Waals surface area (Å²) in [7, 11) is 0. The van der Waals surface area contributed by atoms with Crippen LogP contribution >= 0.6 is 11.8 Å². The molecule has 1 atom stereocenters. The average molecular weight is 366 g/mol. The van der Waals surface area contributed by atoms with Gasteiger partial charge in [-0.2, -0.15) is 10.3 Å². The number of unbranched alkanes of at least 4 members (excludes halogenated alkanes) is 3. The molecule has 0 saturated heterocycles. The molecule has 0 spiro atoms. The summed E-state index contributed by atoms with van der Waals surface area (Å²) in [6.07, 6.45) is 7.74. The number of nitrogens with two attached hydrogens (primary N) is 1. The first-order valence-electron chi connectivity index (χ1n) is 8.97. The SMILES string of the molecule is CCCCCCc1c(C#N)cnc2ccc(CC3SC(N)=NC3=O)cc12. The maximum atomic E-state index is 11.9. The lowest BCUT2D eigenvalue weighted by Crippen LogP contribution is -2.14. The molecule has 1 aromatic carbocycles. The van der Waals surface area contributed by atoms with Crippen molar-refractivity contribution in [3.63, 3.8) is 0 Å². The Labute approximate surface area is 157 Å². The quantitative estimate of drug-likeness (QED) is 0.754. The highest BCUT2D eigenvalue weighted by atomic mass is 32.2. The second-order valence-electron chi connectivity index (χ2n) is 6.52. The van der Waals surface area contributed by atoms with Crippen molar-refractivity contribution in [2.24, 2.45) is 10.7 Å². The van der Waals surface area contributed by atoms with Crippen molar-refractivity contribution < 1.29 is 4.79 Å². The Morgan fingerprint density at radius 1 is 1.31 bits per heavy atom. The van der Waals surface area contributed by atoms with Crippen LogP contribution in [-0.2, 0) is 17.6 Å². The predicted molar refractivity (Wildman–Crippen MR) is 106 cm³/mol. The molecule has 0 fully saturated rings. The Kier molecular flexibility index (Phi) is 5.89. The van der Waals surface area contributed by atoms with E-state index in [1.807, 2.05) is 12.1 Å². The van der Waals surface area contributed by atoms with Gasteiger partial charge in [0.15, 0.2) is 5.17 Å². The Morgan fingerprint density at radius 3 is 2.85 bits per heavy atom. The fourth-order valence-corrected chi connectivity index (χ4v) is 4.13. The van der Waals surface area contributed by atoms with Crippen molar-refractivity contribution in [1.82, 2.24) is 4.98 Å². The van der Waals surface area contributed by atoms with Crippen molar-refractivity contribution in [3.05, 3.63) is 41.1 Å². The van der Waals surface area contributed by atoms with E-state index in [9.17, 15) is 10.1 Å². The molecule has 134 valence electrons. The van der Waals surface area contributed by atoms with Crippen LogP contribution in [0.1, 0.15) is 49.3 Å². The third kappa shape index (κ3) is 4.05. The molecular formula is C20H22N4OS. The molecule has 2 heterocycles. The fourth-order valence-electron chi connectivity index (χ4n) is 3.26.